The molecule has 0 atom stereocenters. The van der Waals surface area contributed by atoms with Crippen LogP contribution in [0, 0.1) is 5.41 Å². The van der Waals surface area contributed by atoms with E-state index in [-0.39, 0.29) is 17.8 Å². The summed E-state index contributed by atoms with van der Waals surface area (Å²) in [6.45, 7) is 0.714. The second-order valence-corrected chi connectivity index (χ2v) is 5.18. The van der Waals surface area contributed by atoms with Crippen molar-refractivity contribution in [3.8, 4) is 0 Å². The van der Waals surface area contributed by atoms with Gasteiger partial charge in [-0.3, -0.25) is 19.4 Å². The Balaban J connectivity index is 2.01. The van der Waals surface area contributed by atoms with E-state index in [1.807, 2.05) is 0 Å². The number of nitrogens with zero attached hydrogens (tertiary/aromatic N) is 1. The standard InChI is InChI=1S/C14H17N3O5/c15-11(18)9-1-2-10(16-7-9)12(19)17-8-14(13(20)21)3-5-22-6-4-14/h1-2,7H,3-6,8H2,(H2,15,18)(H,17,19)(H,20,21). The average molecular weight is 307 g/mol. The lowest BCUT2D eigenvalue weighted by molar-refractivity contribution is -0.154. The van der Waals surface area contributed by atoms with Gasteiger partial charge in [-0.25, -0.2) is 0 Å². The molecule has 1 fully saturated rings. The van der Waals surface area contributed by atoms with Gasteiger partial charge in [0.1, 0.15) is 5.69 Å². The lowest BCUT2D eigenvalue weighted by Crippen LogP contribution is -2.46. The fourth-order valence-corrected chi connectivity index (χ4v) is 2.24. The van der Waals surface area contributed by atoms with Gasteiger partial charge < -0.3 is 20.9 Å². The molecule has 2 heterocycles. The third-order valence-electron chi connectivity index (χ3n) is 3.77. The van der Waals surface area contributed by atoms with Gasteiger partial charge in [-0.15, -0.1) is 0 Å². The maximum Gasteiger partial charge on any atom is 0.311 e. The van der Waals surface area contributed by atoms with E-state index in [4.69, 9.17) is 10.5 Å². The highest BCUT2D eigenvalue weighted by atomic mass is 16.5. The van der Waals surface area contributed by atoms with Crippen molar-refractivity contribution in [1.82, 2.24) is 10.3 Å². The van der Waals surface area contributed by atoms with Gasteiger partial charge in [-0.05, 0) is 25.0 Å². The predicted octanol–water partition coefficient (Wildman–Crippen LogP) is -0.208. The number of hydrogen-bond donors (Lipinski definition) is 3. The molecule has 0 saturated carbocycles. The van der Waals surface area contributed by atoms with Crippen LogP contribution < -0.4 is 11.1 Å². The second kappa shape index (κ2) is 6.52. The molecule has 1 aromatic rings. The highest BCUT2D eigenvalue weighted by Gasteiger charge is 2.40. The van der Waals surface area contributed by atoms with Gasteiger partial charge >= 0.3 is 5.97 Å². The summed E-state index contributed by atoms with van der Waals surface area (Å²) < 4.78 is 5.17. The Morgan fingerprint density at radius 1 is 1.32 bits per heavy atom. The van der Waals surface area contributed by atoms with Crippen LogP contribution in [-0.4, -0.2) is 47.6 Å². The number of aromatic nitrogens is 1. The predicted molar refractivity (Wildman–Crippen MR) is 75.2 cm³/mol. The zero-order valence-corrected chi connectivity index (χ0v) is 11.9. The molecule has 1 aliphatic rings. The van der Waals surface area contributed by atoms with Gasteiger partial charge in [0, 0.05) is 26.0 Å². The minimum atomic E-state index is -1.01. The summed E-state index contributed by atoms with van der Waals surface area (Å²) in [7, 11) is 0. The maximum atomic E-state index is 12.0. The van der Waals surface area contributed by atoms with E-state index in [9.17, 15) is 19.5 Å². The molecule has 0 aliphatic carbocycles. The number of aliphatic carboxylic acids is 1. The molecule has 1 aromatic heterocycles. The molecule has 2 amide bonds. The Kier molecular flexibility index (Phi) is 4.71. The molecule has 0 spiro atoms. The third-order valence-corrected chi connectivity index (χ3v) is 3.77. The molecule has 118 valence electrons. The molecule has 1 aliphatic heterocycles. The smallest absolute Gasteiger partial charge is 0.311 e. The molecule has 0 radical (unpaired) electrons. The summed E-state index contributed by atoms with van der Waals surface area (Å²) >= 11 is 0. The molecule has 0 unspecified atom stereocenters. The summed E-state index contributed by atoms with van der Waals surface area (Å²) in [6, 6.07) is 2.76. The largest absolute Gasteiger partial charge is 0.481 e. The van der Waals surface area contributed by atoms with Crippen LogP contribution >= 0.6 is 0 Å². The summed E-state index contributed by atoms with van der Waals surface area (Å²) in [5.41, 5.74) is 4.37. The van der Waals surface area contributed by atoms with E-state index < -0.39 is 23.2 Å². The van der Waals surface area contributed by atoms with Crippen molar-refractivity contribution in [1.29, 1.82) is 0 Å². The van der Waals surface area contributed by atoms with Crippen LogP contribution in [0.15, 0.2) is 18.3 Å². The molecular weight excluding hydrogens is 290 g/mol. The summed E-state index contributed by atoms with van der Waals surface area (Å²) in [6.07, 6.45) is 1.89. The topological polar surface area (TPSA) is 132 Å². The van der Waals surface area contributed by atoms with Gasteiger partial charge in [-0.2, -0.15) is 0 Å². The lowest BCUT2D eigenvalue weighted by atomic mass is 9.80. The van der Waals surface area contributed by atoms with Gasteiger partial charge in [0.2, 0.25) is 5.91 Å². The Bertz CT molecular complexity index is 579. The fourth-order valence-electron chi connectivity index (χ4n) is 2.24. The molecule has 8 nitrogen and oxygen atoms in total. The quantitative estimate of drug-likeness (QED) is 0.689. The Labute approximate surface area is 126 Å². The SMILES string of the molecule is NC(=O)c1ccc(C(=O)NCC2(C(=O)O)CCOCC2)nc1. The van der Waals surface area contributed by atoms with E-state index in [2.05, 4.69) is 10.3 Å². The average Bonchev–Trinajstić information content (AvgIpc) is 2.53. The first-order valence-corrected chi connectivity index (χ1v) is 6.80. The van der Waals surface area contributed by atoms with Crippen molar-refractivity contribution in [3.63, 3.8) is 0 Å². The number of rotatable bonds is 5. The van der Waals surface area contributed by atoms with Crippen LogP contribution in [0.5, 0.6) is 0 Å². The van der Waals surface area contributed by atoms with Crippen molar-refractivity contribution in [2.75, 3.05) is 19.8 Å². The monoisotopic (exact) mass is 307 g/mol. The molecule has 8 heteroatoms. The van der Waals surface area contributed by atoms with Crippen molar-refractivity contribution in [2.45, 2.75) is 12.8 Å². The van der Waals surface area contributed by atoms with Crippen molar-refractivity contribution < 1.29 is 24.2 Å². The van der Waals surface area contributed by atoms with Crippen LogP contribution in [0.1, 0.15) is 33.7 Å². The van der Waals surface area contributed by atoms with E-state index >= 15 is 0 Å². The Morgan fingerprint density at radius 3 is 2.50 bits per heavy atom. The molecule has 0 bridgehead atoms. The number of nitrogens with two attached hydrogens (primary N) is 1. The lowest BCUT2D eigenvalue weighted by Gasteiger charge is -2.33. The minimum Gasteiger partial charge on any atom is -0.481 e. The number of primary amides is 1. The molecule has 2 rings (SSSR count). The van der Waals surface area contributed by atoms with Gasteiger partial charge in [-0.1, -0.05) is 0 Å². The number of carboxylic acid groups (broad SMARTS) is 1. The Hall–Kier alpha value is -2.48. The van der Waals surface area contributed by atoms with Gasteiger partial charge in [0.25, 0.3) is 5.91 Å². The first-order valence-electron chi connectivity index (χ1n) is 6.80. The normalized spacial score (nSPS) is 16.7. The number of carboxylic acids is 1. The first kappa shape index (κ1) is 15.9. The number of hydrogen-bond acceptors (Lipinski definition) is 5. The van der Waals surface area contributed by atoms with E-state index in [0.29, 0.717) is 26.1 Å². The second-order valence-electron chi connectivity index (χ2n) is 5.18. The van der Waals surface area contributed by atoms with Crippen molar-refractivity contribution in [3.05, 3.63) is 29.6 Å². The Morgan fingerprint density at radius 2 is 2.00 bits per heavy atom. The van der Waals surface area contributed by atoms with Crippen LogP contribution in [0.4, 0.5) is 0 Å². The third kappa shape index (κ3) is 3.40. The van der Waals surface area contributed by atoms with Crippen LogP contribution in [0.3, 0.4) is 0 Å². The van der Waals surface area contributed by atoms with Crippen LogP contribution in [0.2, 0.25) is 0 Å². The number of ether oxygens (including phenoxy) is 1. The number of pyridine rings is 1. The zero-order chi connectivity index (χ0) is 16.2. The zero-order valence-electron chi connectivity index (χ0n) is 11.9. The van der Waals surface area contributed by atoms with E-state index in [1.165, 1.54) is 18.3 Å². The molecule has 22 heavy (non-hydrogen) atoms. The minimum absolute atomic E-state index is 0.00375. The van der Waals surface area contributed by atoms with E-state index in [0.717, 1.165) is 0 Å². The number of nitrogens with one attached hydrogen (secondary N) is 1. The fraction of sp³-hybridized carbons (Fsp3) is 0.429. The molecule has 4 N–H and O–H groups in total. The number of carbonyl (C=O) groups excluding carboxylic acids is 2. The van der Waals surface area contributed by atoms with Crippen LogP contribution in [0.25, 0.3) is 0 Å². The first-order chi connectivity index (χ1) is 10.4. The summed E-state index contributed by atoms with van der Waals surface area (Å²) in [5, 5.41) is 12.0. The van der Waals surface area contributed by atoms with Gasteiger partial charge in [0.15, 0.2) is 0 Å². The van der Waals surface area contributed by atoms with Crippen LogP contribution in [-0.2, 0) is 9.53 Å². The molecule has 1 saturated heterocycles. The van der Waals surface area contributed by atoms with Gasteiger partial charge in [0.05, 0.1) is 11.0 Å². The molecule has 0 aromatic carbocycles. The van der Waals surface area contributed by atoms with Crippen molar-refractivity contribution in [2.24, 2.45) is 11.1 Å². The highest BCUT2D eigenvalue weighted by Crippen LogP contribution is 2.30. The number of amides is 2. The molecular formula is C14H17N3O5. The maximum absolute atomic E-state index is 12.0. The summed E-state index contributed by atoms with van der Waals surface area (Å²) in [5.74, 6) is -2.08. The van der Waals surface area contributed by atoms with E-state index in [1.54, 1.807) is 0 Å². The summed E-state index contributed by atoms with van der Waals surface area (Å²) in [4.78, 5) is 38.3. The highest BCUT2D eigenvalue weighted by molar-refractivity contribution is 5.95. The number of carbonyl (C=O) groups is 3. The van der Waals surface area contributed by atoms with Crippen molar-refractivity contribution >= 4 is 17.8 Å².